The molecule has 144 valence electrons. The third-order valence-corrected chi connectivity index (χ3v) is 4.09. The predicted octanol–water partition coefficient (Wildman–Crippen LogP) is 2.91. The monoisotopic (exact) mass is 371 g/mol. The van der Waals surface area contributed by atoms with Crippen LogP contribution in [0, 0.1) is 5.92 Å². The molecule has 0 saturated heterocycles. The van der Waals surface area contributed by atoms with Crippen molar-refractivity contribution in [2.24, 2.45) is 5.92 Å². The molecule has 0 fully saturated rings. The molecule has 1 unspecified atom stereocenters. The van der Waals surface area contributed by atoms with Gasteiger partial charge in [-0.3, -0.25) is 9.59 Å². The molecule has 0 aliphatic rings. The van der Waals surface area contributed by atoms with Crippen LogP contribution in [0.1, 0.15) is 12.5 Å². The second-order valence-corrected chi connectivity index (χ2v) is 6.15. The molecule has 27 heavy (non-hydrogen) atoms. The minimum atomic E-state index is -0.436. The van der Waals surface area contributed by atoms with E-state index in [0.29, 0.717) is 12.3 Å². The van der Waals surface area contributed by atoms with E-state index in [9.17, 15) is 9.59 Å². The van der Waals surface area contributed by atoms with Crippen molar-refractivity contribution in [2.75, 3.05) is 27.4 Å². The van der Waals surface area contributed by atoms with E-state index in [4.69, 9.17) is 14.2 Å². The Hall–Kier alpha value is -3.02. The molecule has 0 heterocycles. The molecule has 2 rings (SSSR count). The fourth-order valence-corrected chi connectivity index (χ4v) is 2.57. The summed E-state index contributed by atoms with van der Waals surface area (Å²) < 4.78 is 15.5. The topological polar surface area (TPSA) is 65.1 Å². The normalized spacial score (nSPS) is 11.4. The van der Waals surface area contributed by atoms with E-state index >= 15 is 0 Å². The maximum Gasteiger partial charge on any atom is 0.310 e. The zero-order valence-electron chi connectivity index (χ0n) is 15.9. The fourth-order valence-electron chi connectivity index (χ4n) is 2.57. The summed E-state index contributed by atoms with van der Waals surface area (Å²) in [5.41, 5.74) is 0.931. The Morgan fingerprint density at radius 1 is 0.963 bits per heavy atom. The molecular weight excluding hydrogens is 346 g/mol. The fraction of sp³-hybridized carbons (Fsp3) is 0.333. The standard InChI is InChI=1S/C21H25NO5/c1-16(21(24)26-3)13-22(14-17-9-11-18(25-2)12-10-17)20(23)15-27-19-7-5-4-6-8-19/h4-12,16H,13-15H2,1-3H3. The van der Waals surface area contributed by atoms with Crippen LogP contribution in [0.2, 0.25) is 0 Å². The molecule has 1 amide bonds. The van der Waals surface area contributed by atoms with Crippen molar-refractivity contribution in [3.8, 4) is 11.5 Å². The highest BCUT2D eigenvalue weighted by Crippen LogP contribution is 2.15. The Labute approximate surface area is 159 Å². The highest BCUT2D eigenvalue weighted by Gasteiger charge is 2.22. The van der Waals surface area contributed by atoms with Gasteiger partial charge >= 0.3 is 5.97 Å². The van der Waals surface area contributed by atoms with E-state index in [1.165, 1.54) is 7.11 Å². The first-order valence-corrected chi connectivity index (χ1v) is 8.70. The molecule has 2 aromatic carbocycles. The highest BCUT2D eigenvalue weighted by molar-refractivity contribution is 5.79. The van der Waals surface area contributed by atoms with Crippen molar-refractivity contribution in [1.29, 1.82) is 0 Å². The molecule has 0 radical (unpaired) electrons. The zero-order chi connectivity index (χ0) is 19.6. The average Bonchev–Trinajstić information content (AvgIpc) is 2.72. The summed E-state index contributed by atoms with van der Waals surface area (Å²) in [5, 5.41) is 0. The molecule has 0 saturated carbocycles. The van der Waals surface area contributed by atoms with Gasteiger partial charge < -0.3 is 19.1 Å². The number of rotatable bonds is 9. The molecule has 0 aliphatic heterocycles. The molecule has 2 aromatic rings. The number of nitrogens with zero attached hydrogens (tertiary/aromatic N) is 1. The molecule has 6 heteroatoms. The van der Waals surface area contributed by atoms with Crippen LogP contribution in [-0.4, -0.2) is 44.1 Å². The number of carbonyl (C=O) groups excluding carboxylic acids is 2. The van der Waals surface area contributed by atoms with Crippen LogP contribution in [0.15, 0.2) is 54.6 Å². The minimum absolute atomic E-state index is 0.103. The van der Waals surface area contributed by atoms with Crippen LogP contribution in [0.5, 0.6) is 11.5 Å². The number of esters is 1. The summed E-state index contributed by atoms with van der Waals surface area (Å²) in [7, 11) is 2.94. The largest absolute Gasteiger partial charge is 0.497 e. The smallest absolute Gasteiger partial charge is 0.310 e. The van der Waals surface area contributed by atoms with E-state index in [1.54, 1.807) is 31.1 Å². The van der Waals surface area contributed by atoms with Gasteiger partial charge in [0, 0.05) is 13.1 Å². The van der Waals surface area contributed by atoms with Crippen LogP contribution in [0.25, 0.3) is 0 Å². The number of hydrogen-bond donors (Lipinski definition) is 0. The number of para-hydroxylation sites is 1. The summed E-state index contributed by atoms with van der Waals surface area (Å²) in [4.78, 5) is 26.1. The molecule has 0 aromatic heterocycles. The number of hydrogen-bond acceptors (Lipinski definition) is 5. The van der Waals surface area contributed by atoms with Crippen molar-refractivity contribution in [3.63, 3.8) is 0 Å². The van der Waals surface area contributed by atoms with Crippen molar-refractivity contribution < 1.29 is 23.8 Å². The lowest BCUT2D eigenvalue weighted by Crippen LogP contribution is -2.39. The third kappa shape index (κ3) is 6.33. The van der Waals surface area contributed by atoms with Crippen molar-refractivity contribution in [1.82, 2.24) is 4.90 Å². The number of amides is 1. The van der Waals surface area contributed by atoms with Crippen molar-refractivity contribution >= 4 is 11.9 Å². The first-order valence-electron chi connectivity index (χ1n) is 8.70. The van der Waals surface area contributed by atoms with Crippen molar-refractivity contribution in [2.45, 2.75) is 13.5 Å². The quantitative estimate of drug-likeness (QED) is 0.634. The average molecular weight is 371 g/mol. The van der Waals surface area contributed by atoms with Crippen LogP contribution in [0.4, 0.5) is 0 Å². The Balaban J connectivity index is 2.07. The lowest BCUT2D eigenvalue weighted by Gasteiger charge is -2.25. The summed E-state index contributed by atoms with van der Waals surface area (Å²) >= 11 is 0. The van der Waals surface area contributed by atoms with Crippen LogP contribution >= 0.6 is 0 Å². The van der Waals surface area contributed by atoms with Gasteiger partial charge in [0.05, 0.1) is 20.1 Å². The number of carbonyl (C=O) groups is 2. The van der Waals surface area contributed by atoms with Crippen LogP contribution in [0.3, 0.4) is 0 Å². The van der Waals surface area contributed by atoms with Gasteiger partial charge in [-0.15, -0.1) is 0 Å². The van der Waals surface area contributed by atoms with Gasteiger partial charge in [0.1, 0.15) is 11.5 Å². The Morgan fingerprint density at radius 2 is 1.63 bits per heavy atom. The summed E-state index contributed by atoms with van der Waals surface area (Å²) in [6.45, 7) is 2.24. The van der Waals surface area contributed by atoms with Gasteiger partial charge in [-0.1, -0.05) is 37.3 Å². The lowest BCUT2D eigenvalue weighted by atomic mass is 10.1. The molecule has 0 N–H and O–H groups in total. The minimum Gasteiger partial charge on any atom is -0.497 e. The van der Waals surface area contributed by atoms with Crippen LogP contribution < -0.4 is 9.47 Å². The number of ether oxygens (including phenoxy) is 3. The zero-order valence-corrected chi connectivity index (χ0v) is 15.9. The first kappa shape index (κ1) is 20.3. The Morgan fingerprint density at radius 3 is 2.22 bits per heavy atom. The second-order valence-electron chi connectivity index (χ2n) is 6.15. The molecule has 1 atom stereocenters. The molecule has 0 aliphatic carbocycles. The Bertz CT molecular complexity index is 730. The van der Waals surface area contributed by atoms with Crippen molar-refractivity contribution in [3.05, 3.63) is 60.2 Å². The molecule has 0 bridgehead atoms. The second kappa shape index (κ2) is 10.2. The summed E-state index contributed by atoms with van der Waals surface area (Å²) in [6.07, 6.45) is 0. The maximum absolute atomic E-state index is 12.7. The van der Waals surface area contributed by atoms with E-state index < -0.39 is 5.92 Å². The van der Waals surface area contributed by atoms with Gasteiger partial charge in [0.2, 0.25) is 0 Å². The molecule has 0 spiro atoms. The number of methoxy groups -OCH3 is 2. The Kier molecular flexibility index (Phi) is 7.67. The first-order chi connectivity index (χ1) is 13.0. The van der Waals surface area contributed by atoms with Gasteiger partial charge in [-0.25, -0.2) is 0 Å². The van der Waals surface area contributed by atoms with E-state index in [0.717, 1.165) is 11.3 Å². The van der Waals surface area contributed by atoms with Gasteiger partial charge in [-0.05, 0) is 29.8 Å². The SMILES string of the molecule is COC(=O)C(C)CN(Cc1ccc(OC)cc1)C(=O)COc1ccccc1. The highest BCUT2D eigenvalue weighted by atomic mass is 16.5. The lowest BCUT2D eigenvalue weighted by molar-refractivity contribution is -0.147. The van der Waals surface area contributed by atoms with Crippen LogP contribution in [-0.2, 0) is 20.9 Å². The van der Waals surface area contributed by atoms with Gasteiger partial charge in [0.25, 0.3) is 5.91 Å². The van der Waals surface area contributed by atoms with E-state index in [-0.39, 0.29) is 25.0 Å². The van der Waals surface area contributed by atoms with E-state index in [1.807, 2.05) is 42.5 Å². The third-order valence-electron chi connectivity index (χ3n) is 4.09. The van der Waals surface area contributed by atoms with Gasteiger partial charge in [-0.2, -0.15) is 0 Å². The van der Waals surface area contributed by atoms with Gasteiger partial charge in [0.15, 0.2) is 6.61 Å². The van der Waals surface area contributed by atoms with E-state index in [2.05, 4.69) is 0 Å². The predicted molar refractivity (Wildman–Crippen MR) is 102 cm³/mol. The molecular formula is C21H25NO5. The number of benzene rings is 2. The summed E-state index contributed by atoms with van der Waals surface area (Å²) in [5.74, 6) is 0.370. The maximum atomic E-state index is 12.7. The molecule has 6 nitrogen and oxygen atoms in total. The summed E-state index contributed by atoms with van der Waals surface area (Å²) in [6, 6.07) is 16.6.